The van der Waals surface area contributed by atoms with Crippen LogP contribution < -0.4 is 4.74 Å². The van der Waals surface area contributed by atoms with Crippen molar-refractivity contribution in [2.45, 2.75) is 37.0 Å². The van der Waals surface area contributed by atoms with Gasteiger partial charge in [-0.1, -0.05) is 18.2 Å². The lowest BCUT2D eigenvalue weighted by molar-refractivity contribution is -0.345. The molecule has 26 heavy (non-hydrogen) atoms. The van der Waals surface area contributed by atoms with E-state index in [1.54, 1.807) is 31.4 Å². The van der Waals surface area contributed by atoms with Gasteiger partial charge in [-0.15, -0.1) is 0 Å². The lowest BCUT2D eigenvalue weighted by Crippen LogP contribution is -2.58. The van der Waals surface area contributed by atoms with Gasteiger partial charge in [0.15, 0.2) is 18.7 Å². The molecular formula is C18H19NO7. The highest BCUT2D eigenvalue weighted by Crippen LogP contribution is 2.29. The maximum Gasteiger partial charge on any atom is 0.191 e. The first-order valence-electron chi connectivity index (χ1n) is 7.95. The number of rotatable bonds is 4. The van der Waals surface area contributed by atoms with E-state index in [1.807, 2.05) is 18.2 Å². The van der Waals surface area contributed by atoms with Crippen LogP contribution in [0.25, 0.3) is 10.8 Å². The second kappa shape index (κ2) is 7.55. The summed E-state index contributed by atoms with van der Waals surface area (Å²) in [6.07, 6.45) is -9.26. The van der Waals surface area contributed by atoms with Gasteiger partial charge in [0.1, 0.15) is 24.1 Å². The molecule has 0 saturated carbocycles. The topological polar surface area (TPSA) is 132 Å². The summed E-state index contributed by atoms with van der Waals surface area (Å²) in [6.45, 7) is 0. The van der Waals surface area contributed by atoms with E-state index < -0.39 is 37.0 Å². The monoisotopic (exact) mass is 361 g/mol. The minimum atomic E-state index is -1.73. The Morgan fingerprint density at radius 3 is 2.38 bits per heavy atom. The summed E-state index contributed by atoms with van der Waals surface area (Å²) in [5, 5.41) is 49.9. The van der Waals surface area contributed by atoms with Crippen molar-refractivity contribution < 1.29 is 34.6 Å². The van der Waals surface area contributed by atoms with E-state index in [-0.39, 0.29) is 0 Å². The van der Waals surface area contributed by atoms with Crippen LogP contribution in [0.2, 0.25) is 0 Å². The van der Waals surface area contributed by atoms with E-state index in [0.29, 0.717) is 11.3 Å². The van der Waals surface area contributed by atoms with Crippen LogP contribution in [0.15, 0.2) is 36.4 Å². The average molecular weight is 361 g/mol. The van der Waals surface area contributed by atoms with Gasteiger partial charge in [-0.05, 0) is 34.5 Å². The Hall–Kier alpha value is -2.25. The number of methoxy groups -OCH3 is 1. The molecule has 1 aliphatic heterocycles. The Bertz CT molecular complexity index is 821. The maximum atomic E-state index is 9.95. The number of ether oxygens (including phenoxy) is 3. The van der Waals surface area contributed by atoms with Crippen molar-refractivity contribution in [1.82, 2.24) is 0 Å². The minimum absolute atomic E-state index is 0.510. The van der Waals surface area contributed by atoms with E-state index in [2.05, 4.69) is 0 Å². The summed E-state index contributed by atoms with van der Waals surface area (Å²) < 4.78 is 15.6. The molecule has 4 N–H and O–H groups in total. The predicted octanol–water partition coefficient (Wildman–Crippen LogP) is 0.187. The number of nitriles is 1. The summed E-state index contributed by atoms with van der Waals surface area (Å²) in [7, 11) is 1.57. The number of hydrogen-bond acceptors (Lipinski definition) is 8. The fourth-order valence-corrected chi connectivity index (χ4v) is 2.79. The molecule has 1 heterocycles. The molecule has 2 aromatic carbocycles. The van der Waals surface area contributed by atoms with Gasteiger partial charge in [0, 0.05) is 0 Å². The molecule has 138 valence electrons. The minimum Gasteiger partial charge on any atom is -0.497 e. The normalized spacial score (nSPS) is 29.9. The quantitative estimate of drug-likeness (QED) is 0.607. The molecule has 0 aliphatic carbocycles. The molecule has 0 bridgehead atoms. The van der Waals surface area contributed by atoms with Crippen molar-refractivity contribution in [1.29, 1.82) is 5.26 Å². The molecule has 1 fully saturated rings. The van der Waals surface area contributed by atoms with E-state index >= 15 is 0 Å². The Morgan fingerprint density at radius 1 is 1.00 bits per heavy atom. The van der Waals surface area contributed by atoms with Gasteiger partial charge >= 0.3 is 0 Å². The van der Waals surface area contributed by atoms with E-state index in [9.17, 15) is 25.7 Å². The third kappa shape index (κ3) is 3.50. The lowest BCUT2D eigenvalue weighted by atomic mass is 10.0. The molecule has 0 amide bonds. The van der Waals surface area contributed by atoms with Crippen LogP contribution in [0.4, 0.5) is 0 Å². The largest absolute Gasteiger partial charge is 0.497 e. The SMILES string of the molecule is COc1ccc2cc(C(C#N)OC3OC(O)C(O)C(O)C3O)ccc2c1. The standard InChI is InChI=1S/C18H19NO7/c1-24-12-5-4-9-6-11(3-2-10(9)7-12)13(8-19)25-18-16(22)14(20)15(21)17(23)26-18/h2-7,13-18,20-23H,1H3. The first kappa shape index (κ1) is 18.5. The number of aliphatic hydroxyl groups is 4. The molecule has 0 aromatic heterocycles. The fraction of sp³-hybridized carbons (Fsp3) is 0.389. The zero-order chi connectivity index (χ0) is 18.8. The van der Waals surface area contributed by atoms with Crippen LogP contribution >= 0.6 is 0 Å². The predicted molar refractivity (Wildman–Crippen MR) is 88.8 cm³/mol. The summed E-state index contributed by atoms with van der Waals surface area (Å²) in [5.41, 5.74) is 0.510. The zero-order valence-corrected chi connectivity index (χ0v) is 13.9. The first-order chi connectivity index (χ1) is 12.4. The molecule has 8 nitrogen and oxygen atoms in total. The second-order valence-electron chi connectivity index (χ2n) is 5.98. The van der Waals surface area contributed by atoms with Crippen LogP contribution in [-0.4, -0.2) is 58.4 Å². The molecule has 0 spiro atoms. The van der Waals surface area contributed by atoms with Gasteiger partial charge in [-0.25, -0.2) is 0 Å². The van der Waals surface area contributed by atoms with Crippen LogP contribution in [0.5, 0.6) is 5.75 Å². The van der Waals surface area contributed by atoms with Crippen LogP contribution in [-0.2, 0) is 9.47 Å². The van der Waals surface area contributed by atoms with Crippen molar-refractivity contribution in [3.05, 3.63) is 42.0 Å². The van der Waals surface area contributed by atoms with Gasteiger partial charge < -0.3 is 34.6 Å². The number of aliphatic hydroxyl groups excluding tert-OH is 4. The molecule has 8 heteroatoms. The lowest BCUT2D eigenvalue weighted by Gasteiger charge is -2.38. The highest BCUT2D eigenvalue weighted by Gasteiger charge is 2.44. The molecule has 6 unspecified atom stereocenters. The Kier molecular flexibility index (Phi) is 5.38. The van der Waals surface area contributed by atoms with Crippen LogP contribution in [0.3, 0.4) is 0 Å². The summed E-state index contributed by atoms with van der Waals surface area (Å²) in [5.74, 6) is 0.707. The Balaban J connectivity index is 1.83. The number of fused-ring (bicyclic) bond motifs is 1. The summed E-state index contributed by atoms with van der Waals surface area (Å²) in [4.78, 5) is 0. The van der Waals surface area contributed by atoms with Crippen molar-refractivity contribution in [2.75, 3.05) is 7.11 Å². The van der Waals surface area contributed by atoms with Gasteiger partial charge in [0.05, 0.1) is 13.2 Å². The molecule has 2 aromatic rings. The summed E-state index contributed by atoms with van der Waals surface area (Å²) in [6, 6.07) is 12.7. The number of nitrogens with zero attached hydrogens (tertiary/aromatic N) is 1. The second-order valence-corrected chi connectivity index (χ2v) is 5.98. The number of hydrogen-bond donors (Lipinski definition) is 4. The third-order valence-corrected chi connectivity index (χ3v) is 4.31. The highest BCUT2D eigenvalue weighted by molar-refractivity contribution is 5.84. The van der Waals surface area contributed by atoms with E-state index in [1.165, 1.54) is 0 Å². The molecule has 3 rings (SSSR count). The van der Waals surface area contributed by atoms with Crippen LogP contribution in [0.1, 0.15) is 11.7 Å². The van der Waals surface area contributed by atoms with Crippen molar-refractivity contribution in [3.8, 4) is 11.8 Å². The van der Waals surface area contributed by atoms with Crippen molar-refractivity contribution in [2.24, 2.45) is 0 Å². The molecule has 0 radical (unpaired) electrons. The highest BCUT2D eigenvalue weighted by atomic mass is 16.7. The van der Waals surface area contributed by atoms with E-state index in [4.69, 9.17) is 14.2 Å². The Labute approximate surface area is 149 Å². The zero-order valence-electron chi connectivity index (χ0n) is 13.9. The Morgan fingerprint density at radius 2 is 1.69 bits per heavy atom. The molecule has 6 atom stereocenters. The third-order valence-electron chi connectivity index (χ3n) is 4.31. The first-order valence-corrected chi connectivity index (χ1v) is 7.95. The smallest absolute Gasteiger partial charge is 0.191 e. The number of benzene rings is 2. The van der Waals surface area contributed by atoms with Gasteiger partial charge in [0.2, 0.25) is 0 Å². The molecule has 1 saturated heterocycles. The maximum absolute atomic E-state index is 9.95. The van der Waals surface area contributed by atoms with Gasteiger partial charge in [-0.3, -0.25) is 0 Å². The van der Waals surface area contributed by atoms with Gasteiger partial charge in [0.25, 0.3) is 0 Å². The van der Waals surface area contributed by atoms with Crippen molar-refractivity contribution >= 4 is 10.8 Å². The average Bonchev–Trinajstić information content (AvgIpc) is 2.67. The fourth-order valence-electron chi connectivity index (χ4n) is 2.79. The molecular weight excluding hydrogens is 342 g/mol. The van der Waals surface area contributed by atoms with E-state index in [0.717, 1.165) is 10.8 Å². The van der Waals surface area contributed by atoms with Crippen LogP contribution in [0, 0.1) is 11.3 Å². The van der Waals surface area contributed by atoms with Crippen molar-refractivity contribution in [3.63, 3.8) is 0 Å². The summed E-state index contributed by atoms with van der Waals surface area (Å²) >= 11 is 0. The van der Waals surface area contributed by atoms with Gasteiger partial charge in [-0.2, -0.15) is 5.26 Å². The molecule has 1 aliphatic rings.